The van der Waals surface area contributed by atoms with Gasteiger partial charge in [-0.1, -0.05) is 13.8 Å². The Kier molecular flexibility index (Phi) is 1.90. The average Bonchev–Trinajstić information content (AvgIpc) is 1.93. The highest BCUT2D eigenvalue weighted by Crippen LogP contribution is 2.40. The number of aliphatic hydroxyl groups is 1. The zero-order valence-corrected chi connectivity index (χ0v) is 7.71. The summed E-state index contributed by atoms with van der Waals surface area (Å²) in [5.74, 6) is 0. The first-order chi connectivity index (χ1) is 5.60. The molecule has 1 heterocycles. The standard InChI is InChI=1S/C9H17NO2/c1-9(2)7(3-8(9)11)10-6-4-12-5-6/h6-8,10-11H,3-5H2,1-2H3. The van der Waals surface area contributed by atoms with Crippen LogP contribution in [0.25, 0.3) is 0 Å². The molecule has 2 atom stereocenters. The summed E-state index contributed by atoms with van der Waals surface area (Å²) in [5, 5.41) is 13.0. The van der Waals surface area contributed by atoms with Gasteiger partial charge in [0.2, 0.25) is 0 Å². The van der Waals surface area contributed by atoms with Gasteiger partial charge < -0.3 is 15.2 Å². The molecule has 0 radical (unpaired) electrons. The summed E-state index contributed by atoms with van der Waals surface area (Å²) in [4.78, 5) is 0. The molecule has 0 aromatic rings. The Labute approximate surface area is 73.1 Å². The fourth-order valence-corrected chi connectivity index (χ4v) is 1.80. The number of nitrogens with one attached hydrogen (secondary N) is 1. The second kappa shape index (κ2) is 2.69. The van der Waals surface area contributed by atoms with Crippen LogP contribution in [0.4, 0.5) is 0 Å². The van der Waals surface area contributed by atoms with Crippen molar-refractivity contribution in [2.75, 3.05) is 13.2 Å². The van der Waals surface area contributed by atoms with Crippen LogP contribution < -0.4 is 5.32 Å². The average molecular weight is 171 g/mol. The summed E-state index contributed by atoms with van der Waals surface area (Å²) in [5.41, 5.74) is 0.0512. The highest BCUT2D eigenvalue weighted by Gasteiger charge is 2.48. The molecule has 0 bridgehead atoms. The maximum Gasteiger partial charge on any atom is 0.0643 e. The number of rotatable bonds is 2. The second-order valence-corrected chi connectivity index (χ2v) is 4.53. The SMILES string of the molecule is CC1(C)C(O)CC1NC1COC1. The van der Waals surface area contributed by atoms with Crippen LogP contribution in [0.5, 0.6) is 0 Å². The Hall–Kier alpha value is -0.120. The quantitative estimate of drug-likeness (QED) is 0.620. The van der Waals surface area contributed by atoms with E-state index in [1.807, 2.05) is 0 Å². The van der Waals surface area contributed by atoms with Crippen molar-refractivity contribution in [1.82, 2.24) is 5.32 Å². The third-order valence-electron chi connectivity index (χ3n) is 3.29. The summed E-state index contributed by atoms with van der Waals surface area (Å²) in [6.07, 6.45) is 0.764. The number of hydrogen-bond donors (Lipinski definition) is 2. The first-order valence-corrected chi connectivity index (χ1v) is 4.62. The molecule has 2 unspecified atom stereocenters. The van der Waals surface area contributed by atoms with E-state index in [4.69, 9.17) is 4.74 Å². The lowest BCUT2D eigenvalue weighted by Crippen LogP contribution is -2.64. The van der Waals surface area contributed by atoms with Gasteiger partial charge in [-0.15, -0.1) is 0 Å². The van der Waals surface area contributed by atoms with Crippen LogP contribution in [-0.2, 0) is 4.74 Å². The molecule has 70 valence electrons. The van der Waals surface area contributed by atoms with Crippen molar-refractivity contribution in [3.63, 3.8) is 0 Å². The van der Waals surface area contributed by atoms with Crippen molar-refractivity contribution >= 4 is 0 Å². The van der Waals surface area contributed by atoms with Crippen molar-refractivity contribution in [3.8, 4) is 0 Å². The molecule has 2 N–H and O–H groups in total. The van der Waals surface area contributed by atoms with Gasteiger partial charge in [0.25, 0.3) is 0 Å². The first-order valence-electron chi connectivity index (χ1n) is 4.62. The normalized spacial score (nSPS) is 40.2. The summed E-state index contributed by atoms with van der Waals surface area (Å²) in [6.45, 7) is 5.89. The lowest BCUT2D eigenvalue weighted by Gasteiger charge is -2.51. The van der Waals surface area contributed by atoms with E-state index in [9.17, 15) is 5.11 Å². The molecule has 0 amide bonds. The molecule has 1 saturated heterocycles. The molecule has 12 heavy (non-hydrogen) atoms. The minimum atomic E-state index is -0.129. The van der Waals surface area contributed by atoms with Gasteiger partial charge >= 0.3 is 0 Å². The largest absolute Gasteiger partial charge is 0.392 e. The van der Waals surface area contributed by atoms with Crippen molar-refractivity contribution in [3.05, 3.63) is 0 Å². The zero-order valence-electron chi connectivity index (χ0n) is 7.71. The van der Waals surface area contributed by atoms with Gasteiger partial charge in [0.15, 0.2) is 0 Å². The third kappa shape index (κ3) is 1.16. The molecule has 2 fully saturated rings. The van der Waals surface area contributed by atoms with E-state index in [1.54, 1.807) is 0 Å². The van der Waals surface area contributed by atoms with Crippen LogP contribution >= 0.6 is 0 Å². The Balaban J connectivity index is 1.82. The molecule has 0 spiro atoms. The van der Waals surface area contributed by atoms with Crippen molar-refractivity contribution < 1.29 is 9.84 Å². The summed E-state index contributed by atoms with van der Waals surface area (Å²) < 4.78 is 5.07. The molecular formula is C9H17NO2. The predicted molar refractivity (Wildman–Crippen MR) is 45.9 cm³/mol. The second-order valence-electron chi connectivity index (χ2n) is 4.53. The maximum absolute atomic E-state index is 9.48. The topological polar surface area (TPSA) is 41.5 Å². The minimum Gasteiger partial charge on any atom is -0.392 e. The van der Waals surface area contributed by atoms with Gasteiger partial charge in [0.05, 0.1) is 25.4 Å². The van der Waals surface area contributed by atoms with E-state index in [2.05, 4.69) is 19.2 Å². The molecule has 1 aliphatic carbocycles. The highest BCUT2D eigenvalue weighted by molar-refractivity contribution is 5.03. The lowest BCUT2D eigenvalue weighted by molar-refractivity contribution is -0.0966. The molecule has 2 rings (SSSR count). The van der Waals surface area contributed by atoms with E-state index in [1.165, 1.54) is 0 Å². The van der Waals surface area contributed by atoms with E-state index in [0.717, 1.165) is 19.6 Å². The molecule has 2 aliphatic rings. The Morgan fingerprint density at radius 3 is 2.42 bits per heavy atom. The van der Waals surface area contributed by atoms with Gasteiger partial charge in [-0.05, 0) is 6.42 Å². The van der Waals surface area contributed by atoms with Crippen LogP contribution in [0.2, 0.25) is 0 Å². The molecule has 1 aliphatic heterocycles. The monoisotopic (exact) mass is 171 g/mol. The fourth-order valence-electron chi connectivity index (χ4n) is 1.80. The number of aliphatic hydroxyl groups excluding tert-OH is 1. The lowest BCUT2D eigenvalue weighted by atomic mass is 9.64. The molecule has 3 nitrogen and oxygen atoms in total. The molecule has 1 saturated carbocycles. The van der Waals surface area contributed by atoms with E-state index >= 15 is 0 Å². The molecular weight excluding hydrogens is 154 g/mol. The van der Waals surface area contributed by atoms with Gasteiger partial charge in [-0.25, -0.2) is 0 Å². The van der Waals surface area contributed by atoms with E-state index < -0.39 is 0 Å². The first kappa shape index (κ1) is 8.48. The molecule has 3 heteroatoms. The zero-order chi connectivity index (χ0) is 8.77. The highest BCUT2D eigenvalue weighted by atomic mass is 16.5. The fraction of sp³-hybridized carbons (Fsp3) is 1.00. The van der Waals surface area contributed by atoms with Crippen LogP contribution in [0.1, 0.15) is 20.3 Å². The summed E-state index contributed by atoms with van der Waals surface area (Å²) in [7, 11) is 0. The molecule has 0 aromatic heterocycles. The van der Waals surface area contributed by atoms with Gasteiger partial charge in [-0.2, -0.15) is 0 Å². The smallest absolute Gasteiger partial charge is 0.0643 e. The summed E-state index contributed by atoms with van der Waals surface area (Å²) in [6, 6.07) is 1.00. The van der Waals surface area contributed by atoms with Crippen molar-refractivity contribution in [2.24, 2.45) is 5.41 Å². The van der Waals surface area contributed by atoms with E-state index in [-0.39, 0.29) is 11.5 Å². The van der Waals surface area contributed by atoms with Crippen LogP contribution in [-0.4, -0.2) is 36.5 Å². The minimum absolute atomic E-state index is 0.0512. The Morgan fingerprint density at radius 2 is 2.08 bits per heavy atom. The number of ether oxygens (including phenoxy) is 1. The van der Waals surface area contributed by atoms with E-state index in [0.29, 0.717) is 12.1 Å². The third-order valence-corrected chi connectivity index (χ3v) is 3.29. The Morgan fingerprint density at radius 1 is 1.42 bits per heavy atom. The maximum atomic E-state index is 9.48. The summed E-state index contributed by atoms with van der Waals surface area (Å²) >= 11 is 0. The van der Waals surface area contributed by atoms with Gasteiger partial charge in [0, 0.05) is 11.5 Å². The van der Waals surface area contributed by atoms with Crippen molar-refractivity contribution in [2.45, 2.75) is 38.5 Å². The number of hydrogen-bond acceptors (Lipinski definition) is 3. The van der Waals surface area contributed by atoms with Crippen molar-refractivity contribution in [1.29, 1.82) is 0 Å². The predicted octanol–water partition coefficient (Wildman–Crippen LogP) is 0.134. The van der Waals surface area contributed by atoms with Crippen LogP contribution in [0.3, 0.4) is 0 Å². The van der Waals surface area contributed by atoms with Crippen LogP contribution in [0.15, 0.2) is 0 Å². The Bertz CT molecular complexity index is 177. The van der Waals surface area contributed by atoms with Crippen LogP contribution in [0, 0.1) is 5.41 Å². The molecule has 0 aromatic carbocycles. The van der Waals surface area contributed by atoms with Gasteiger partial charge in [0.1, 0.15) is 0 Å². The van der Waals surface area contributed by atoms with Gasteiger partial charge in [-0.3, -0.25) is 0 Å².